The summed E-state index contributed by atoms with van der Waals surface area (Å²) in [5.41, 5.74) is 3.52. The van der Waals surface area contributed by atoms with E-state index in [9.17, 15) is 13.2 Å². The quantitative estimate of drug-likeness (QED) is 0.330. The fourth-order valence-electron chi connectivity index (χ4n) is 3.96. The SMILES string of the molecule is O=C(CSc1nnc(-c2ccccc2)c(-c2ccccc2)n1)Nc1cccc(S(=O)(=O)N2CCOCC2)c1. The molecule has 0 aliphatic carbocycles. The number of amides is 1. The zero-order valence-electron chi connectivity index (χ0n) is 20.4. The fourth-order valence-corrected chi connectivity index (χ4v) is 6.00. The second kappa shape index (κ2) is 11.8. The van der Waals surface area contributed by atoms with E-state index in [0.29, 0.717) is 48.5 Å². The summed E-state index contributed by atoms with van der Waals surface area (Å²) < 4.78 is 32.5. The van der Waals surface area contributed by atoms with Crippen LogP contribution >= 0.6 is 11.8 Å². The zero-order valence-corrected chi connectivity index (χ0v) is 22.0. The molecule has 1 fully saturated rings. The maximum Gasteiger partial charge on any atom is 0.243 e. The first-order valence-electron chi connectivity index (χ1n) is 12.0. The lowest BCUT2D eigenvalue weighted by atomic mass is 10.0. The van der Waals surface area contributed by atoms with Crippen molar-refractivity contribution in [1.29, 1.82) is 0 Å². The van der Waals surface area contributed by atoms with Gasteiger partial charge in [0.15, 0.2) is 0 Å². The van der Waals surface area contributed by atoms with Crippen molar-refractivity contribution in [2.75, 3.05) is 37.4 Å². The highest BCUT2D eigenvalue weighted by Crippen LogP contribution is 2.29. The summed E-state index contributed by atoms with van der Waals surface area (Å²) in [7, 11) is -3.67. The average molecular weight is 548 g/mol. The van der Waals surface area contributed by atoms with Crippen LogP contribution in [0.2, 0.25) is 0 Å². The van der Waals surface area contributed by atoms with Gasteiger partial charge < -0.3 is 10.1 Å². The average Bonchev–Trinajstić information content (AvgIpc) is 2.97. The van der Waals surface area contributed by atoms with Gasteiger partial charge in [0.1, 0.15) is 11.4 Å². The van der Waals surface area contributed by atoms with Gasteiger partial charge in [-0.2, -0.15) is 4.31 Å². The second-order valence-electron chi connectivity index (χ2n) is 8.40. The number of thioether (sulfide) groups is 1. The Kier molecular flexibility index (Phi) is 8.08. The lowest BCUT2D eigenvalue weighted by Crippen LogP contribution is -2.40. The smallest absolute Gasteiger partial charge is 0.243 e. The van der Waals surface area contributed by atoms with Gasteiger partial charge in [-0.15, -0.1) is 10.2 Å². The molecule has 0 saturated carbocycles. The van der Waals surface area contributed by atoms with Crippen LogP contribution in [0.5, 0.6) is 0 Å². The van der Waals surface area contributed by atoms with Gasteiger partial charge in [-0.25, -0.2) is 13.4 Å². The predicted octanol–water partition coefficient (Wildman–Crippen LogP) is 3.96. The summed E-state index contributed by atoms with van der Waals surface area (Å²) in [6.07, 6.45) is 0. The highest BCUT2D eigenvalue weighted by atomic mass is 32.2. The van der Waals surface area contributed by atoms with Crippen molar-refractivity contribution in [2.45, 2.75) is 10.1 Å². The normalized spacial score (nSPS) is 14.2. The minimum absolute atomic E-state index is 0.0288. The van der Waals surface area contributed by atoms with Crippen molar-refractivity contribution in [1.82, 2.24) is 19.5 Å². The molecule has 0 atom stereocenters. The summed E-state index contributed by atoms with van der Waals surface area (Å²) in [6, 6.07) is 25.6. The van der Waals surface area contributed by atoms with E-state index < -0.39 is 10.0 Å². The van der Waals surface area contributed by atoms with E-state index in [4.69, 9.17) is 9.72 Å². The largest absolute Gasteiger partial charge is 0.379 e. The van der Waals surface area contributed by atoms with E-state index >= 15 is 0 Å². The van der Waals surface area contributed by atoms with E-state index in [1.165, 1.54) is 16.4 Å². The number of carbonyl (C=O) groups excluding carboxylic acids is 1. The van der Waals surface area contributed by atoms with Gasteiger partial charge in [0.25, 0.3) is 0 Å². The van der Waals surface area contributed by atoms with Crippen molar-refractivity contribution >= 4 is 33.4 Å². The van der Waals surface area contributed by atoms with Crippen LogP contribution < -0.4 is 5.32 Å². The maximum absolute atomic E-state index is 12.9. The number of rotatable bonds is 8. The summed E-state index contributed by atoms with van der Waals surface area (Å²) in [5, 5.41) is 11.8. The molecule has 38 heavy (non-hydrogen) atoms. The first-order chi connectivity index (χ1) is 18.5. The Bertz CT molecular complexity index is 1510. The molecule has 0 bridgehead atoms. The Balaban J connectivity index is 1.29. The molecule has 1 amide bonds. The van der Waals surface area contributed by atoms with Crippen molar-refractivity contribution in [3.8, 4) is 22.5 Å². The molecule has 0 spiro atoms. The lowest BCUT2D eigenvalue weighted by molar-refractivity contribution is -0.113. The Morgan fingerprint density at radius 1 is 0.868 bits per heavy atom. The van der Waals surface area contributed by atoms with Crippen LogP contribution in [0.25, 0.3) is 22.5 Å². The third kappa shape index (κ3) is 6.08. The van der Waals surface area contributed by atoms with Crippen LogP contribution in [0.1, 0.15) is 0 Å². The van der Waals surface area contributed by atoms with Gasteiger partial charge >= 0.3 is 0 Å². The molecule has 194 valence electrons. The molecule has 0 radical (unpaired) electrons. The van der Waals surface area contributed by atoms with E-state index in [-0.39, 0.29) is 16.6 Å². The Morgan fingerprint density at radius 2 is 1.53 bits per heavy atom. The molecule has 11 heteroatoms. The fraction of sp³-hybridized carbons (Fsp3) is 0.185. The minimum Gasteiger partial charge on any atom is -0.379 e. The Morgan fingerprint density at radius 3 is 2.21 bits per heavy atom. The third-order valence-electron chi connectivity index (χ3n) is 5.82. The van der Waals surface area contributed by atoms with Crippen molar-refractivity contribution in [2.24, 2.45) is 0 Å². The molecule has 3 aromatic carbocycles. The molecule has 9 nitrogen and oxygen atoms in total. The Hall–Kier alpha value is -3.64. The number of morpholine rings is 1. The molecule has 1 aliphatic rings. The first-order valence-corrected chi connectivity index (χ1v) is 14.4. The van der Waals surface area contributed by atoms with Crippen LogP contribution in [0.3, 0.4) is 0 Å². The first kappa shape index (κ1) is 26.0. The predicted molar refractivity (Wildman–Crippen MR) is 146 cm³/mol. The van der Waals surface area contributed by atoms with Gasteiger partial charge in [-0.3, -0.25) is 4.79 Å². The molecule has 2 heterocycles. The van der Waals surface area contributed by atoms with E-state index in [0.717, 1.165) is 22.9 Å². The van der Waals surface area contributed by atoms with E-state index in [1.54, 1.807) is 12.1 Å². The topological polar surface area (TPSA) is 114 Å². The number of nitrogens with one attached hydrogen (secondary N) is 1. The maximum atomic E-state index is 12.9. The molecule has 1 saturated heterocycles. The zero-order chi connectivity index (χ0) is 26.4. The van der Waals surface area contributed by atoms with Crippen LogP contribution in [0.4, 0.5) is 5.69 Å². The molecule has 1 aromatic heterocycles. The summed E-state index contributed by atoms with van der Waals surface area (Å²) in [4.78, 5) is 17.5. The minimum atomic E-state index is -3.67. The van der Waals surface area contributed by atoms with Crippen LogP contribution in [-0.4, -0.2) is 65.9 Å². The summed E-state index contributed by atoms with van der Waals surface area (Å²) in [5.74, 6) is -0.283. The van der Waals surface area contributed by atoms with Crippen molar-refractivity contribution < 1.29 is 17.9 Å². The number of nitrogens with zero attached hydrogens (tertiary/aromatic N) is 4. The number of hydrogen-bond donors (Lipinski definition) is 1. The lowest BCUT2D eigenvalue weighted by Gasteiger charge is -2.26. The second-order valence-corrected chi connectivity index (χ2v) is 11.3. The Labute approximate surface area is 225 Å². The molecule has 1 N–H and O–H groups in total. The van der Waals surface area contributed by atoms with Crippen LogP contribution in [0.15, 0.2) is 95.0 Å². The molecular formula is C27H25N5O4S2. The monoisotopic (exact) mass is 547 g/mol. The molecule has 5 rings (SSSR count). The van der Waals surface area contributed by atoms with E-state index in [1.807, 2.05) is 60.7 Å². The standard InChI is InChI=1S/C27H25N5O4S2/c33-24(28-22-12-7-13-23(18-22)38(34,35)32-14-16-36-17-15-32)19-37-27-29-25(20-8-3-1-4-9-20)26(30-31-27)21-10-5-2-6-11-21/h1-13,18H,14-17,19H2,(H,28,33). The number of hydrogen-bond acceptors (Lipinski definition) is 8. The van der Waals surface area contributed by atoms with E-state index in [2.05, 4.69) is 15.5 Å². The number of anilines is 1. The number of ether oxygens (including phenoxy) is 1. The highest BCUT2D eigenvalue weighted by molar-refractivity contribution is 7.99. The van der Waals surface area contributed by atoms with Gasteiger partial charge in [0.05, 0.1) is 23.9 Å². The van der Waals surface area contributed by atoms with Gasteiger partial charge in [-0.05, 0) is 18.2 Å². The molecule has 0 unspecified atom stereocenters. The van der Waals surface area contributed by atoms with Crippen LogP contribution in [0, 0.1) is 0 Å². The molecular weight excluding hydrogens is 522 g/mol. The van der Waals surface area contributed by atoms with Crippen molar-refractivity contribution in [3.05, 3.63) is 84.9 Å². The van der Waals surface area contributed by atoms with Gasteiger partial charge in [-0.1, -0.05) is 78.5 Å². The molecule has 1 aliphatic heterocycles. The number of aromatic nitrogens is 3. The van der Waals surface area contributed by atoms with Gasteiger partial charge in [0, 0.05) is 29.9 Å². The number of benzene rings is 3. The highest BCUT2D eigenvalue weighted by Gasteiger charge is 2.26. The van der Waals surface area contributed by atoms with Gasteiger partial charge in [0.2, 0.25) is 21.1 Å². The number of sulfonamides is 1. The summed E-state index contributed by atoms with van der Waals surface area (Å²) in [6.45, 7) is 1.33. The number of carbonyl (C=O) groups is 1. The third-order valence-corrected chi connectivity index (χ3v) is 8.55. The summed E-state index contributed by atoms with van der Waals surface area (Å²) >= 11 is 1.16. The molecule has 4 aromatic rings. The van der Waals surface area contributed by atoms with Crippen molar-refractivity contribution in [3.63, 3.8) is 0 Å². The van der Waals surface area contributed by atoms with Crippen LogP contribution in [-0.2, 0) is 19.6 Å².